The summed E-state index contributed by atoms with van der Waals surface area (Å²) in [7, 11) is 0. The molecule has 3 rings (SSSR count). The number of fused-ring (bicyclic) bond motifs is 2. The van der Waals surface area contributed by atoms with Gasteiger partial charge in [-0.05, 0) is 55.9 Å². The number of hydrogen-bond acceptors (Lipinski definition) is 4. The molecule has 8 heteroatoms. The Hall–Kier alpha value is -3.94. The third-order valence-corrected chi connectivity index (χ3v) is 4.88. The van der Waals surface area contributed by atoms with Crippen molar-refractivity contribution in [2.45, 2.75) is 25.7 Å². The lowest BCUT2D eigenvalue weighted by Gasteiger charge is -2.15. The molecule has 0 aliphatic heterocycles. The molecule has 3 aromatic rings. The van der Waals surface area contributed by atoms with Crippen molar-refractivity contribution >= 4 is 45.4 Å². The Balaban J connectivity index is 2.41. The maximum Gasteiger partial charge on any atom is 0.307 e. The molecule has 0 atom stereocenters. The second-order valence-corrected chi connectivity index (χ2v) is 6.99. The second-order valence-electron chi connectivity index (χ2n) is 6.99. The molecule has 0 saturated carbocycles. The highest BCUT2D eigenvalue weighted by Crippen LogP contribution is 2.33. The molecule has 0 aliphatic carbocycles. The highest BCUT2D eigenvalue weighted by atomic mass is 16.4. The van der Waals surface area contributed by atoms with Crippen molar-refractivity contribution in [2.24, 2.45) is 0 Å². The second kappa shape index (κ2) is 8.20. The fourth-order valence-electron chi connectivity index (χ4n) is 3.69. The number of carboxylic acids is 4. The van der Waals surface area contributed by atoms with Crippen LogP contribution in [0.1, 0.15) is 22.3 Å². The van der Waals surface area contributed by atoms with Gasteiger partial charge in [0.2, 0.25) is 0 Å². The Morgan fingerprint density at radius 1 is 0.467 bits per heavy atom. The number of hydrogen-bond donors (Lipinski definition) is 4. The largest absolute Gasteiger partial charge is 0.481 e. The predicted octanol–water partition coefficient (Wildman–Crippen LogP) is 2.50. The molecule has 30 heavy (non-hydrogen) atoms. The minimum atomic E-state index is -1.06. The van der Waals surface area contributed by atoms with E-state index < -0.39 is 23.9 Å². The zero-order chi connectivity index (χ0) is 22.0. The van der Waals surface area contributed by atoms with Crippen molar-refractivity contribution in [3.8, 4) is 0 Å². The van der Waals surface area contributed by atoms with E-state index in [2.05, 4.69) is 0 Å². The van der Waals surface area contributed by atoms with Crippen LogP contribution in [0.2, 0.25) is 0 Å². The number of aliphatic carboxylic acids is 4. The van der Waals surface area contributed by atoms with Gasteiger partial charge < -0.3 is 20.4 Å². The van der Waals surface area contributed by atoms with Gasteiger partial charge >= 0.3 is 23.9 Å². The maximum atomic E-state index is 11.3. The molecule has 154 valence electrons. The smallest absolute Gasteiger partial charge is 0.307 e. The molecular formula is C22H18O8. The summed E-state index contributed by atoms with van der Waals surface area (Å²) in [5, 5.41) is 38.9. The highest BCUT2D eigenvalue weighted by Gasteiger charge is 2.17. The van der Waals surface area contributed by atoms with Crippen LogP contribution in [-0.2, 0) is 44.9 Å². The summed E-state index contributed by atoms with van der Waals surface area (Å²) in [5.74, 6) is -4.25. The van der Waals surface area contributed by atoms with Crippen LogP contribution in [0.15, 0.2) is 36.4 Å². The van der Waals surface area contributed by atoms with E-state index in [9.17, 15) is 39.6 Å². The SMILES string of the molecule is O=C(O)Cc1ccc(CC(=O)O)c2cc3c(CC(=O)O)ccc(CC(=O)O)c3cc12. The minimum absolute atomic E-state index is 0.293. The quantitative estimate of drug-likeness (QED) is 0.414. The maximum absolute atomic E-state index is 11.3. The predicted molar refractivity (Wildman–Crippen MR) is 107 cm³/mol. The van der Waals surface area contributed by atoms with Gasteiger partial charge in [0.05, 0.1) is 25.7 Å². The van der Waals surface area contributed by atoms with E-state index in [4.69, 9.17) is 0 Å². The van der Waals surface area contributed by atoms with Crippen molar-refractivity contribution in [3.63, 3.8) is 0 Å². The lowest BCUT2D eigenvalue weighted by molar-refractivity contribution is -0.137. The molecule has 0 saturated heterocycles. The summed E-state index contributed by atoms with van der Waals surface area (Å²) in [4.78, 5) is 45.2. The topological polar surface area (TPSA) is 149 Å². The Kier molecular flexibility index (Phi) is 5.68. The zero-order valence-corrected chi connectivity index (χ0v) is 15.7. The molecule has 0 unspecified atom stereocenters. The van der Waals surface area contributed by atoms with Gasteiger partial charge in [-0.15, -0.1) is 0 Å². The van der Waals surface area contributed by atoms with Gasteiger partial charge in [-0.25, -0.2) is 0 Å². The summed E-state index contributed by atoms with van der Waals surface area (Å²) in [6, 6.07) is 9.49. The van der Waals surface area contributed by atoms with Crippen LogP contribution in [0.25, 0.3) is 21.5 Å². The van der Waals surface area contributed by atoms with Gasteiger partial charge in [0, 0.05) is 0 Å². The standard InChI is InChI=1S/C22H18O8/c23-19(24)5-11-1-2-12(6-20(25)26)16-10-18-14(8-22(29)30)4-3-13(7-21(27)28)17(18)9-15(11)16/h1-4,9-10H,5-8H2,(H,23,24)(H,25,26)(H,27,28)(H,29,30). The van der Waals surface area contributed by atoms with Crippen LogP contribution >= 0.6 is 0 Å². The van der Waals surface area contributed by atoms with Gasteiger partial charge in [0.25, 0.3) is 0 Å². The van der Waals surface area contributed by atoms with E-state index >= 15 is 0 Å². The fraction of sp³-hybridized carbons (Fsp3) is 0.182. The zero-order valence-electron chi connectivity index (χ0n) is 15.7. The van der Waals surface area contributed by atoms with Crippen LogP contribution in [-0.4, -0.2) is 44.3 Å². The fourth-order valence-corrected chi connectivity index (χ4v) is 3.69. The first-order valence-corrected chi connectivity index (χ1v) is 9.02. The molecule has 4 N–H and O–H groups in total. The average Bonchev–Trinajstić information content (AvgIpc) is 2.63. The van der Waals surface area contributed by atoms with Gasteiger partial charge in [0.1, 0.15) is 0 Å². The van der Waals surface area contributed by atoms with Crippen molar-refractivity contribution in [1.29, 1.82) is 0 Å². The van der Waals surface area contributed by atoms with E-state index in [1.165, 1.54) is 0 Å². The Morgan fingerprint density at radius 3 is 0.833 bits per heavy atom. The Labute approximate surface area is 170 Å². The lowest BCUT2D eigenvalue weighted by Crippen LogP contribution is -2.06. The first-order valence-electron chi connectivity index (χ1n) is 9.02. The highest BCUT2D eigenvalue weighted by molar-refractivity contribution is 6.06. The number of carbonyl (C=O) groups is 4. The minimum Gasteiger partial charge on any atom is -0.481 e. The summed E-state index contributed by atoms with van der Waals surface area (Å²) in [6.07, 6.45) is -1.17. The molecule has 0 amide bonds. The van der Waals surface area contributed by atoms with E-state index in [-0.39, 0.29) is 25.7 Å². The normalized spacial score (nSPS) is 10.9. The summed E-state index contributed by atoms with van der Waals surface area (Å²) in [6.45, 7) is 0. The molecular weight excluding hydrogens is 392 g/mol. The molecule has 8 nitrogen and oxygen atoms in total. The van der Waals surface area contributed by atoms with Crippen LogP contribution in [0, 0.1) is 0 Å². The lowest BCUT2D eigenvalue weighted by atomic mass is 9.89. The monoisotopic (exact) mass is 410 g/mol. The van der Waals surface area contributed by atoms with Crippen molar-refractivity contribution < 1.29 is 39.6 Å². The average molecular weight is 410 g/mol. The third kappa shape index (κ3) is 4.38. The van der Waals surface area contributed by atoms with Crippen molar-refractivity contribution in [3.05, 3.63) is 58.7 Å². The molecule has 0 aromatic heterocycles. The summed E-state index contributed by atoms with van der Waals surface area (Å²) >= 11 is 0. The van der Waals surface area contributed by atoms with Gasteiger partial charge in [-0.2, -0.15) is 0 Å². The van der Waals surface area contributed by atoms with E-state index in [0.717, 1.165) is 0 Å². The molecule has 0 radical (unpaired) electrons. The van der Waals surface area contributed by atoms with Crippen molar-refractivity contribution in [1.82, 2.24) is 0 Å². The molecule has 0 aliphatic rings. The Bertz CT molecular complexity index is 1020. The van der Waals surface area contributed by atoms with E-state index in [1.54, 1.807) is 36.4 Å². The summed E-state index contributed by atoms with van der Waals surface area (Å²) < 4.78 is 0. The van der Waals surface area contributed by atoms with Gasteiger partial charge in [0.15, 0.2) is 0 Å². The third-order valence-electron chi connectivity index (χ3n) is 4.88. The first kappa shape index (κ1) is 20.8. The molecule has 0 spiro atoms. The number of rotatable bonds is 8. The molecule has 0 fully saturated rings. The van der Waals surface area contributed by atoms with Gasteiger partial charge in [-0.3, -0.25) is 19.2 Å². The van der Waals surface area contributed by atoms with Crippen LogP contribution < -0.4 is 0 Å². The van der Waals surface area contributed by atoms with Gasteiger partial charge in [-0.1, -0.05) is 24.3 Å². The molecule has 3 aromatic carbocycles. The van der Waals surface area contributed by atoms with E-state index in [1.807, 2.05) is 0 Å². The number of benzene rings is 3. The van der Waals surface area contributed by atoms with Crippen molar-refractivity contribution in [2.75, 3.05) is 0 Å². The molecule has 0 bridgehead atoms. The first-order chi connectivity index (χ1) is 14.2. The number of carboxylic acid groups (broad SMARTS) is 4. The van der Waals surface area contributed by atoms with Crippen LogP contribution in [0.4, 0.5) is 0 Å². The van der Waals surface area contributed by atoms with E-state index in [0.29, 0.717) is 43.8 Å². The Morgan fingerprint density at radius 2 is 0.667 bits per heavy atom. The summed E-state index contributed by atoms with van der Waals surface area (Å²) in [5.41, 5.74) is 1.83. The van der Waals surface area contributed by atoms with Crippen LogP contribution in [0.3, 0.4) is 0 Å². The van der Waals surface area contributed by atoms with Crippen LogP contribution in [0.5, 0.6) is 0 Å². The molecule has 0 heterocycles.